The average Bonchev–Trinajstić information content (AvgIpc) is 2.00. The molecule has 0 aliphatic carbocycles. The van der Waals surface area contributed by atoms with Crippen LogP contribution in [0.2, 0.25) is 0 Å². The molecule has 0 fully saturated rings. The molecule has 61 valence electrons. The smallest absolute Gasteiger partial charge is 0.418 e. The fourth-order valence-corrected chi connectivity index (χ4v) is 0.379. The Morgan fingerprint density at radius 2 is 2.45 bits per heavy atom. The summed E-state index contributed by atoms with van der Waals surface area (Å²) in [6.45, 7) is 6.01. The predicted octanol–water partition coefficient (Wildman–Crippen LogP) is 0.188. The second-order valence-corrected chi connectivity index (χ2v) is 1.76. The van der Waals surface area contributed by atoms with Crippen molar-refractivity contribution in [1.82, 2.24) is 0 Å². The van der Waals surface area contributed by atoms with Gasteiger partial charge in [-0.05, 0) is 6.92 Å². The standard InChI is InChI=1S/C7H9O4/c1-3-4-10-7(9)6(2)11-5-8/h3,6H,1,4H2,2H3. The van der Waals surface area contributed by atoms with Gasteiger partial charge in [-0.25, -0.2) is 9.59 Å². The third-order valence-electron chi connectivity index (χ3n) is 0.900. The van der Waals surface area contributed by atoms with Gasteiger partial charge >= 0.3 is 12.4 Å². The maximum Gasteiger partial charge on any atom is 0.418 e. The van der Waals surface area contributed by atoms with Crippen LogP contribution in [0.25, 0.3) is 0 Å². The Bertz CT molecular complexity index is 153. The first-order valence-electron chi connectivity index (χ1n) is 3.02. The average molecular weight is 157 g/mol. The number of ether oxygens (including phenoxy) is 2. The Morgan fingerprint density at radius 1 is 1.82 bits per heavy atom. The highest BCUT2D eigenvalue weighted by molar-refractivity contribution is 5.75. The molecule has 0 rings (SSSR count). The van der Waals surface area contributed by atoms with Crippen molar-refractivity contribution in [3.05, 3.63) is 12.7 Å². The van der Waals surface area contributed by atoms with Crippen LogP contribution in [0.5, 0.6) is 0 Å². The monoisotopic (exact) mass is 157 g/mol. The summed E-state index contributed by atoms with van der Waals surface area (Å²) in [6.07, 6.45) is 0.530. The molecule has 1 atom stereocenters. The Kier molecular flexibility index (Phi) is 4.81. The first kappa shape index (κ1) is 9.68. The lowest BCUT2D eigenvalue weighted by Crippen LogP contribution is -2.22. The van der Waals surface area contributed by atoms with Crippen molar-refractivity contribution < 1.29 is 19.1 Å². The van der Waals surface area contributed by atoms with E-state index in [2.05, 4.69) is 16.1 Å². The minimum Gasteiger partial charge on any atom is -0.459 e. The molecule has 0 heterocycles. The normalized spacial score (nSPS) is 11.4. The van der Waals surface area contributed by atoms with E-state index in [1.165, 1.54) is 13.0 Å². The van der Waals surface area contributed by atoms with E-state index in [-0.39, 0.29) is 6.61 Å². The minimum atomic E-state index is -0.896. The highest BCUT2D eigenvalue weighted by Gasteiger charge is 2.14. The van der Waals surface area contributed by atoms with E-state index in [1.807, 2.05) is 0 Å². The third-order valence-corrected chi connectivity index (χ3v) is 0.900. The third kappa shape index (κ3) is 4.13. The summed E-state index contributed by atoms with van der Waals surface area (Å²) in [6, 6.07) is 0. The van der Waals surface area contributed by atoms with E-state index in [0.717, 1.165) is 6.47 Å². The number of carbonyl (C=O) groups is 1. The lowest BCUT2D eigenvalue weighted by Gasteiger charge is -2.06. The Hall–Kier alpha value is -1.32. The first-order valence-corrected chi connectivity index (χ1v) is 3.02. The van der Waals surface area contributed by atoms with Crippen LogP contribution in [-0.4, -0.2) is 25.2 Å². The van der Waals surface area contributed by atoms with Crippen LogP contribution < -0.4 is 0 Å². The fourth-order valence-electron chi connectivity index (χ4n) is 0.379. The molecule has 0 saturated carbocycles. The number of hydrogen-bond acceptors (Lipinski definition) is 4. The molecule has 0 aliphatic heterocycles. The summed E-state index contributed by atoms with van der Waals surface area (Å²) >= 11 is 0. The molecule has 11 heavy (non-hydrogen) atoms. The van der Waals surface area contributed by atoms with Crippen molar-refractivity contribution >= 4 is 12.4 Å². The van der Waals surface area contributed by atoms with Gasteiger partial charge in [0.25, 0.3) is 0 Å². The minimum absolute atomic E-state index is 0.116. The molecule has 0 aromatic carbocycles. The molecule has 0 aromatic heterocycles. The quantitative estimate of drug-likeness (QED) is 0.422. The summed E-state index contributed by atoms with van der Waals surface area (Å²) in [7, 11) is 0. The van der Waals surface area contributed by atoms with Gasteiger partial charge in [0, 0.05) is 0 Å². The lowest BCUT2D eigenvalue weighted by molar-refractivity contribution is -0.150. The molecule has 0 N–H and O–H groups in total. The van der Waals surface area contributed by atoms with Crippen molar-refractivity contribution in [1.29, 1.82) is 0 Å². The fraction of sp³-hybridized carbons (Fsp3) is 0.429. The van der Waals surface area contributed by atoms with Crippen LogP contribution in [0.1, 0.15) is 6.92 Å². The lowest BCUT2D eigenvalue weighted by atomic mass is 10.4. The van der Waals surface area contributed by atoms with E-state index in [1.54, 1.807) is 0 Å². The number of carbonyl (C=O) groups excluding carboxylic acids is 2. The molecule has 4 heteroatoms. The van der Waals surface area contributed by atoms with E-state index < -0.39 is 12.1 Å². The van der Waals surface area contributed by atoms with Crippen LogP contribution in [0, 0.1) is 0 Å². The highest BCUT2D eigenvalue weighted by atomic mass is 16.6. The van der Waals surface area contributed by atoms with Crippen molar-refractivity contribution in [2.45, 2.75) is 13.0 Å². The topological polar surface area (TPSA) is 52.6 Å². The molecular weight excluding hydrogens is 148 g/mol. The van der Waals surface area contributed by atoms with Gasteiger partial charge in [-0.3, -0.25) is 0 Å². The van der Waals surface area contributed by atoms with Crippen molar-refractivity contribution in [3.8, 4) is 0 Å². The van der Waals surface area contributed by atoms with Gasteiger partial charge in [-0.1, -0.05) is 12.7 Å². The van der Waals surface area contributed by atoms with E-state index in [4.69, 9.17) is 0 Å². The zero-order valence-corrected chi connectivity index (χ0v) is 6.20. The number of hydrogen-bond donors (Lipinski definition) is 0. The van der Waals surface area contributed by atoms with E-state index in [9.17, 15) is 9.59 Å². The Balaban J connectivity index is 3.62. The van der Waals surface area contributed by atoms with Gasteiger partial charge < -0.3 is 9.47 Å². The second kappa shape index (κ2) is 5.46. The van der Waals surface area contributed by atoms with Crippen LogP contribution in [0.15, 0.2) is 12.7 Å². The molecular formula is C7H9O4. The summed E-state index contributed by atoms with van der Waals surface area (Å²) < 4.78 is 8.73. The number of rotatable bonds is 5. The highest BCUT2D eigenvalue weighted by Crippen LogP contribution is 1.91. The molecule has 1 radical (unpaired) electrons. The molecule has 0 amide bonds. The summed E-state index contributed by atoms with van der Waals surface area (Å²) in [4.78, 5) is 20.3. The SMILES string of the molecule is C=CCOC(=O)C(C)O[C]=O. The maximum atomic E-state index is 10.7. The van der Waals surface area contributed by atoms with E-state index >= 15 is 0 Å². The van der Waals surface area contributed by atoms with Gasteiger partial charge in [0.15, 0.2) is 6.10 Å². The summed E-state index contributed by atoms with van der Waals surface area (Å²) in [5.74, 6) is -0.603. The zero-order valence-electron chi connectivity index (χ0n) is 6.20. The second-order valence-electron chi connectivity index (χ2n) is 1.76. The van der Waals surface area contributed by atoms with Gasteiger partial charge in [0.05, 0.1) is 0 Å². The Morgan fingerprint density at radius 3 is 2.91 bits per heavy atom. The van der Waals surface area contributed by atoms with Gasteiger partial charge in [-0.2, -0.15) is 0 Å². The zero-order chi connectivity index (χ0) is 8.69. The van der Waals surface area contributed by atoms with Crippen molar-refractivity contribution in [3.63, 3.8) is 0 Å². The molecule has 0 saturated heterocycles. The van der Waals surface area contributed by atoms with Gasteiger partial charge in [0.1, 0.15) is 6.61 Å². The maximum absolute atomic E-state index is 10.7. The Labute approximate surface area is 64.8 Å². The molecule has 4 nitrogen and oxygen atoms in total. The van der Waals surface area contributed by atoms with Crippen LogP contribution >= 0.6 is 0 Å². The van der Waals surface area contributed by atoms with Crippen LogP contribution in [-0.2, 0) is 19.1 Å². The van der Waals surface area contributed by atoms with Crippen molar-refractivity contribution in [2.75, 3.05) is 6.61 Å². The van der Waals surface area contributed by atoms with E-state index in [0.29, 0.717) is 0 Å². The van der Waals surface area contributed by atoms with Gasteiger partial charge in [0.2, 0.25) is 0 Å². The molecule has 0 aromatic rings. The molecule has 0 spiro atoms. The first-order chi connectivity index (χ1) is 5.22. The van der Waals surface area contributed by atoms with Gasteiger partial charge in [-0.15, -0.1) is 0 Å². The molecule has 1 unspecified atom stereocenters. The van der Waals surface area contributed by atoms with Crippen molar-refractivity contribution in [2.24, 2.45) is 0 Å². The number of esters is 1. The van der Waals surface area contributed by atoms with Crippen LogP contribution in [0.4, 0.5) is 0 Å². The summed E-state index contributed by atoms with van der Waals surface area (Å²) in [5, 5.41) is 0. The molecule has 0 bridgehead atoms. The largest absolute Gasteiger partial charge is 0.459 e. The predicted molar refractivity (Wildman–Crippen MR) is 37.4 cm³/mol. The summed E-state index contributed by atoms with van der Waals surface area (Å²) in [5.41, 5.74) is 0. The molecule has 0 aliphatic rings. The van der Waals surface area contributed by atoms with Crippen LogP contribution in [0.3, 0.4) is 0 Å².